The maximum atomic E-state index is 10.8. The second-order valence-electron chi connectivity index (χ2n) is 4.21. The molecule has 21 heavy (non-hydrogen) atoms. The quantitative estimate of drug-likeness (QED) is 0.481. The molecule has 0 saturated heterocycles. The topological polar surface area (TPSA) is 117 Å². The average molecular weight is 305 g/mol. The van der Waals surface area contributed by atoms with E-state index in [0.717, 1.165) is 0 Å². The summed E-state index contributed by atoms with van der Waals surface area (Å²) in [6, 6.07) is 0. The van der Waals surface area contributed by atoms with Crippen LogP contribution in [0.4, 0.5) is 9.59 Å². The smallest absolute Gasteiger partial charge is 0.406 e. The van der Waals surface area contributed by atoms with Gasteiger partial charge >= 0.3 is 18.2 Å². The van der Waals surface area contributed by atoms with Gasteiger partial charge in [0.15, 0.2) is 0 Å². The monoisotopic (exact) mass is 305 g/mol. The number of carboxylic acids is 1. The molecule has 0 aromatic rings. The van der Waals surface area contributed by atoms with E-state index >= 15 is 0 Å². The lowest BCUT2D eigenvalue weighted by Gasteiger charge is -2.20. The number of nitrogens with zero attached hydrogens (tertiary/aromatic N) is 1. The van der Waals surface area contributed by atoms with Gasteiger partial charge in [0.25, 0.3) is 0 Å². The molecule has 0 bridgehead atoms. The number of carboxylic acid groups (broad SMARTS) is 1. The molecule has 0 heterocycles. The largest absolute Gasteiger partial charge is 0.480 e. The van der Waals surface area contributed by atoms with Crippen molar-refractivity contribution in [3.8, 4) is 0 Å². The van der Waals surface area contributed by atoms with Crippen LogP contribution in [0.3, 0.4) is 0 Å². The summed E-state index contributed by atoms with van der Waals surface area (Å²) in [6.07, 6.45) is 0.184. The number of rotatable bonds is 10. The van der Waals surface area contributed by atoms with Gasteiger partial charge in [-0.2, -0.15) is 0 Å². The molecule has 0 rings (SSSR count). The van der Waals surface area contributed by atoms with Gasteiger partial charge in [-0.25, -0.2) is 9.59 Å². The first-order valence-electron chi connectivity index (χ1n) is 6.57. The summed E-state index contributed by atoms with van der Waals surface area (Å²) in [7, 11) is 2.56. The van der Waals surface area contributed by atoms with Gasteiger partial charge in [-0.15, -0.1) is 0 Å². The van der Waals surface area contributed by atoms with Crippen molar-refractivity contribution in [2.24, 2.45) is 0 Å². The molecule has 9 nitrogen and oxygen atoms in total. The predicted molar refractivity (Wildman–Crippen MR) is 74.1 cm³/mol. The minimum Gasteiger partial charge on any atom is -0.480 e. The van der Waals surface area contributed by atoms with Crippen molar-refractivity contribution < 1.29 is 29.0 Å². The van der Waals surface area contributed by atoms with Crippen molar-refractivity contribution in [2.75, 3.05) is 46.9 Å². The van der Waals surface area contributed by atoms with Crippen molar-refractivity contribution in [1.29, 1.82) is 0 Å². The average Bonchev–Trinajstić information content (AvgIpc) is 2.46. The van der Waals surface area contributed by atoms with Gasteiger partial charge in [0, 0.05) is 26.2 Å². The van der Waals surface area contributed by atoms with E-state index in [9.17, 15) is 14.4 Å². The standard InChI is InChI=1S/C12H23N3O6/c1-20-11(18)13-5-3-7-15(9-10(16)17)8-4-6-14-12(19)21-2/h3-9H2,1-2H3,(H,13,18)(H,14,19)(H,16,17). The van der Waals surface area contributed by atoms with E-state index in [4.69, 9.17) is 5.11 Å². The summed E-state index contributed by atoms with van der Waals surface area (Å²) in [4.78, 5) is 34.2. The lowest BCUT2D eigenvalue weighted by atomic mass is 10.3. The zero-order valence-electron chi connectivity index (χ0n) is 12.4. The molecule has 9 heteroatoms. The van der Waals surface area contributed by atoms with E-state index < -0.39 is 18.2 Å². The molecule has 0 aromatic carbocycles. The highest BCUT2D eigenvalue weighted by atomic mass is 16.5. The van der Waals surface area contributed by atoms with Gasteiger partial charge < -0.3 is 25.2 Å². The second kappa shape index (κ2) is 11.8. The van der Waals surface area contributed by atoms with Gasteiger partial charge in [-0.1, -0.05) is 0 Å². The highest BCUT2D eigenvalue weighted by Gasteiger charge is 2.09. The number of hydrogen-bond donors (Lipinski definition) is 3. The number of alkyl carbamates (subject to hydrolysis) is 2. The van der Waals surface area contributed by atoms with Crippen LogP contribution in [0.2, 0.25) is 0 Å². The van der Waals surface area contributed by atoms with Crippen LogP contribution in [0.1, 0.15) is 12.8 Å². The summed E-state index contributed by atoms with van der Waals surface area (Å²) in [6.45, 7) is 1.77. The van der Waals surface area contributed by atoms with Crippen LogP contribution in [0.15, 0.2) is 0 Å². The Labute approximate surface area is 123 Å². The Morgan fingerprint density at radius 1 is 0.952 bits per heavy atom. The van der Waals surface area contributed by atoms with E-state index in [0.29, 0.717) is 39.0 Å². The molecule has 0 saturated carbocycles. The molecule has 0 radical (unpaired) electrons. The Bertz CT molecular complexity index is 313. The Morgan fingerprint density at radius 2 is 1.38 bits per heavy atom. The zero-order valence-corrected chi connectivity index (χ0v) is 12.4. The highest BCUT2D eigenvalue weighted by molar-refractivity contribution is 5.69. The van der Waals surface area contributed by atoms with E-state index in [2.05, 4.69) is 20.1 Å². The summed E-state index contributed by atoms with van der Waals surface area (Å²) in [5, 5.41) is 13.9. The van der Waals surface area contributed by atoms with Gasteiger partial charge in [-0.05, 0) is 12.8 Å². The van der Waals surface area contributed by atoms with Gasteiger partial charge in [0.1, 0.15) is 0 Å². The minimum absolute atomic E-state index is 0.0869. The number of carbonyl (C=O) groups is 3. The van der Waals surface area contributed by atoms with Gasteiger partial charge in [0.2, 0.25) is 0 Å². The van der Waals surface area contributed by atoms with Crippen LogP contribution in [0.25, 0.3) is 0 Å². The number of carbonyl (C=O) groups excluding carboxylic acids is 2. The maximum Gasteiger partial charge on any atom is 0.406 e. The third-order valence-electron chi connectivity index (χ3n) is 2.57. The Kier molecular flexibility index (Phi) is 10.6. The fourth-order valence-corrected chi connectivity index (χ4v) is 1.59. The SMILES string of the molecule is COC(=O)NCCCN(CCCNC(=O)OC)CC(=O)O. The third kappa shape index (κ3) is 11.5. The molecule has 0 aliphatic rings. The number of aliphatic carboxylic acids is 1. The van der Waals surface area contributed by atoms with E-state index in [1.807, 2.05) is 0 Å². The molecule has 122 valence electrons. The molecule has 0 spiro atoms. The van der Waals surface area contributed by atoms with Crippen LogP contribution < -0.4 is 10.6 Å². The van der Waals surface area contributed by atoms with Gasteiger partial charge in [-0.3, -0.25) is 9.69 Å². The Morgan fingerprint density at radius 3 is 1.71 bits per heavy atom. The van der Waals surface area contributed by atoms with Crippen molar-refractivity contribution in [2.45, 2.75) is 12.8 Å². The lowest BCUT2D eigenvalue weighted by molar-refractivity contribution is -0.138. The van der Waals surface area contributed by atoms with Crippen LogP contribution in [0, 0.1) is 0 Å². The fraction of sp³-hybridized carbons (Fsp3) is 0.750. The summed E-state index contributed by atoms with van der Waals surface area (Å²) in [5.74, 6) is -0.920. The number of nitrogens with one attached hydrogen (secondary N) is 2. The number of ether oxygens (including phenoxy) is 2. The molecule has 0 aliphatic carbocycles. The summed E-state index contributed by atoms with van der Waals surface area (Å²) in [5.41, 5.74) is 0. The third-order valence-corrected chi connectivity index (χ3v) is 2.57. The first-order valence-corrected chi connectivity index (χ1v) is 6.57. The van der Waals surface area contributed by atoms with E-state index in [1.54, 1.807) is 4.90 Å². The van der Waals surface area contributed by atoms with Crippen molar-refractivity contribution in [3.63, 3.8) is 0 Å². The molecule has 0 aromatic heterocycles. The lowest BCUT2D eigenvalue weighted by Crippen LogP contribution is -2.35. The molecule has 2 amide bonds. The molecule has 3 N–H and O–H groups in total. The van der Waals surface area contributed by atoms with Crippen LogP contribution in [-0.2, 0) is 14.3 Å². The number of amides is 2. The van der Waals surface area contributed by atoms with E-state index in [1.165, 1.54) is 14.2 Å². The first-order chi connectivity index (χ1) is 9.99. The molecular formula is C12H23N3O6. The molecule has 0 atom stereocenters. The van der Waals surface area contributed by atoms with Crippen molar-refractivity contribution in [3.05, 3.63) is 0 Å². The van der Waals surface area contributed by atoms with Crippen LogP contribution in [0.5, 0.6) is 0 Å². The zero-order chi connectivity index (χ0) is 16.1. The Hall–Kier alpha value is -2.03. The number of hydrogen-bond acceptors (Lipinski definition) is 6. The highest BCUT2D eigenvalue weighted by Crippen LogP contribution is 1.94. The first kappa shape index (κ1) is 19.0. The normalized spacial score (nSPS) is 10.0. The molecule has 0 unspecified atom stereocenters. The van der Waals surface area contributed by atoms with Gasteiger partial charge in [0.05, 0.1) is 20.8 Å². The Balaban J connectivity index is 3.89. The second-order valence-corrected chi connectivity index (χ2v) is 4.21. The molecule has 0 fully saturated rings. The summed E-state index contributed by atoms with van der Waals surface area (Å²) >= 11 is 0. The van der Waals surface area contributed by atoms with Crippen LogP contribution >= 0.6 is 0 Å². The molecular weight excluding hydrogens is 282 g/mol. The molecule has 0 aliphatic heterocycles. The maximum absolute atomic E-state index is 10.8. The van der Waals surface area contributed by atoms with Crippen molar-refractivity contribution in [1.82, 2.24) is 15.5 Å². The van der Waals surface area contributed by atoms with Crippen molar-refractivity contribution >= 4 is 18.2 Å². The summed E-state index contributed by atoms with van der Waals surface area (Å²) < 4.78 is 8.85. The predicted octanol–water partition coefficient (Wildman–Crippen LogP) is -0.135. The van der Waals surface area contributed by atoms with E-state index in [-0.39, 0.29) is 6.54 Å². The fourth-order valence-electron chi connectivity index (χ4n) is 1.59. The number of methoxy groups -OCH3 is 2. The minimum atomic E-state index is -0.920. The van der Waals surface area contributed by atoms with Crippen LogP contribution in [-0.4, -0.2) is 75.1 Å².